The lowest BCUT2D eigenvalue weighted by Crippen LogP contribution is -2.50. The monoisotopic (exact) mass is 473 g/mol. The Bertz CT molecular complexity index is 1300. The van der Waals surface area contributed by atoms with E-state index in [0.717, 1.165) is 18.3 Å². The van der Waals surface area contributed by atoms with Gasteiger partial charge in [-0.05, 0) is 48.2 Å². The van der Waals surface area contributed by atoms with Gasteiger partial charge in [-0.1, -0.05) is 24.3 Å². The average Bonchev–Trinajstić information content (AvgIpc) is 3.29. The second-order valence-electron chi connectivity index (χ2n) is 8.50. The Morgan fingerprint density at radius 2 is 1.62 bits per heavy atom. The highest BCUT2D eigenvalue weighted by Gasteiger charge is 2.48. The van der Waals surface area contributed by atoms with Gasteiger partial charge in [0.2, 0.25) is 5.43 Å². The van der Waals surface area contributed by atoms with Crippen LogP contribution < -0.4 is 5.43 Å². The molecule has 1 amide bonds. The molecule has 0 spiro atoms. The molecule has 2 aromatic carbocycles. The van der Waals surface area contributed by atoms with E-state index in [4.69, 9.17) is 0 Å². The summed E-state index contributed by atoms with van der Waals surface area (Å²) in [6.07, 6.45) is -2.32. The summed E-state index contributed by atoms with van der Waals surface area (Å²) < 4.78 is 54.6. The molecule has 1 aromatic heterocycles. The maximum atomic E-state index is 13.7. The van der Waals surface area contributed by atoms with Gasteiger partial charge in [0.05, 0.1) is 23.8 Å². The second-order valence-corrected chi connectivity index (χ2v) is 8.50. The molecule has 1 saturated heterocycles. The van der Waals surface area contributed by atoms with Crippen molar-refractivity contribution in [2.75, 3.05) is 6.54 Å². The number of hydrogen-bond donors (Lipinski definition) is 1. The first-order valence-electron chi connectivity index (χ1n) is 10.7. The summed E-state index contributed by atoms with van der Waals surface area (Å²) >= 11 is 0. The van der Waals surface area contributed by atoms with Gasteiger partial charge in [0.1, 0.15) is 5.82 Å². The topological polar surface area (TPSA) is 75.4 Å². The summed E-state index contributed by atoms with van der Waals surface area (Å²) in [5.74, 6) is -2.36. The largest absolute Gasteiger partial charge is 0.502 e. The van der Waals surface area contributed by atoms with Crippen molar-refractivity contribution in [3.8, 4) is 5.75 Å². The maximum Gasteiger partial charge on any atom is 0.416 e. The number of rotatable bonds is 3. The molecule has 1 unspecified atom stereocenters. The fourth-order valence-electron chi connectivity index (χ4n) is 5.08. The van der Waals surface area contributed by atoms with Gasteiger partial charge in [0.15, 0.2) is 11.4 Å². The van der Waals surface area contributed by atoms with Crippen LogP contribution in [0.15, 0.2) is 59.5 Å². The number of carbonyl (C=O) groups is 1. The number of amides is 1. The van der Waals surface area contributed by atoms with Crippen LogP contribution in [0.5, 0.6) is 5.75 Å². The first-order chi connectivity index (χ1) is 16.2. The van der Waals surface area contributed by atoms with E-state index < -0.39 is 46.6 Å². The second kappa shape index (κ2) is 7.96. The molecule has 2 aliphatic rings. The van der Waals surface area contributed by atoms with Gasteiger partial charge in [-0.25, -0.2) is 4.39 Å². The number of halogens is 4. The third kappa shape index (κ3) is 3.53. The van der Waals surface area contributed by atoms with Crippen LogP contribution in [0.3, 0.4) is 0 Å². The van der Waals surface area contributed by atoms with Crippen molar-refractivity contribution >= 4 is 5.91 Å². The van der Waals surface area contributed by atoms with Crippen LogP contribution in [0.1, 0.15) is 52.0 Å². The molecule has 1 N–H and O–H groups in total. The third-order valence-corrected chi connectivity index (χ3v) is 6.59. The molecule has 3 heterocycles. The minimum absolute atomic E-state index is 0.255. The van der Waals surface area contributed by atoms with E-state index in [9.17, 15) is 32.3 Å². The van der Waals surface area contributed by atoms with Crippen LogP contribution >= 0.6 is 0 Å². The Kier molecular flexibility index (Phi) is 5.18. The molecule has 0 radical (unpaired) electrons. The lowest BCUT2D eigenvalue weighted by molar-refractivity contribution is -0.137. The number of aromatic hydroxyl groups is 1. The number of nitrogens with zero attached hydrogens (tertiary/aromatic N) is 3. The Morgan fingerprint density at radius 1 is 1.00 bits per heavy atom. The average molecular weight is 473 g/mol. The van der Waals surface area contributed by atoms with E-state index in [1.54, 1.807) is 4.90 Å². The first-order valence-corrected chi connectivity index (χ1v) is 10.7. The van der Waals surface area contributed by atoms with Crippen LogP contribution in [0.2, 0.25) is 0 Å². The highest BCUT2D eigenvalue weighted by atomic mass is 19.4. The van der Waals surface area contributed by atoms with Crippen molar-refractivity contribution in [2.24, 2.45) is 0 Å². The fraction of sp³-hybridized carbons (Fsp3) is 0.292. The summed E-state index contributed by atoms with van der Waals surface area (Å²) in [5, 5.41) is 14.6. The summed E-state index contributed by atoms with van der Waals surface area (Å²) in [7, 11) is 0. The van der Waals surface area contributed by atoms with Crippen LogP contribution in [0, 0.1) is 5.82 Å². The van der Waals surface area contributed by atoms with Crippen molar-refractivity contribution in [2.45, 2.75) is 37.0 Å². The molecule has 176 valence electrons. The Morgan fingerprint density at radius 3 is 2.24 bits per heavy atom. The molecule has 1 fully saturated rings. The lowest BCUT2D eigenvalue weighted by atomic mass is 9.79. The Hall–Kier alpha value is -3.69. The van der Waals surface area contributed by atoms with Crippen molar-refractivity contribution in [3.63, 3.8) is 0 Å². The van der Waals surface area contributed by atoms with Crippen LogP contribution in [0.4, 0.5) is 17.6 Å². The van der Waals surface area contributed by atoms with Crippen molar-refractivity contribution in [1.82, 2.24) is 14.7 Å². The standard InChI is InChI=1S/C24H19F4N3O3/c25-16-9-5-14(6-10-16)19(13-3-7-15(8-4-13)24(26,27)28)20-17-2-1-11-30(17)23(34)21-22(33)18(32)12-29-31(20)21/h3-10,12,17,19-20,33H,1-2,11H2/t17-,19?,20-/m1/s1. The molecule has 0 saturated carbocycles. The van der Waals surface area contributed by atoms with Gasteiger partial charge in [-0.15, -0.1) is 0 Å². The van der Waals surface area contributed by atoms with E-state index in [1.165, 1.54) is 41.1 Å². The number of aromatic nitrogens is 2. The zero-order valence-corrected chi connectivity index (χ0v) is 17.7. The normalized spacial score (nSPS) is 20.7. The molecular formula is C24H19F4N3O3. The summed E-state index contributed by atoms with van der Waals surface area (Å²) in [4.78, 5) is 26.7. The highest BCUT2D eigenvalue weighted by Crippen LogP contribution is 2.46. The van der Waals surface area contributed by atoms with E-state index in [2.05, 4.69) is 5.10 Å². The number of fused-ring (bicyclic) bond motifs is 2. The van der Waals surface area contributed by atoms with Crippen molar-refractivity contribution in [1.29, 1.82) is 0 Å². The smallest absolute Gasteiger partial charge is 0.416 e. The predicted molar refractivity (Wildman–Crippen MR) is 113 cm³/mol. The van der Waals surface area contributed by atoms with Crippen LogP contribution in [0.25, 0.3) is 0 Å². The Balaban J connectivity index is 1.73. The molecule has 3 atom stereocenters. The van der Waals surface area contributed by atoms with E-state index in [-0.39, 0.29) is 11.7 Å². The molecule has 6 nitrogen and oxygen atoms in total. The minimum atomic E-state index is -4.51. The van der Waals surface area contributed by atoms with Gasteiger partial charge in [0.25, 0.3) is 5.91 Å². The van der Waals surface area contributed by atoms with Crippen molar-refractivity contribution in [3.05, 3.63) is 93.2 Å². The number of alkyl halides is 3. The number of hydrogen-bond acceptors (Lipinski definition) is 4. The first kappa shape index (κ1) is 22.1. The molecule has 34 heavy (non-hydrogen) atoms. The maximum absolute atomic E-state index is 13.7. The molecule has 0 bridgehead atoms. The van der Waals surface area contributed by atoms with Gasteiger partial charge >= 0.3 is 6.18 Å². The summed E-state index contributed by atoms with van der Waals surface area (Å²) in [5.41, 5.74) is -0.774. The van der Waals surface area contributed by atoms with E-state index in [1.807, 2.05) is 0 Å². The number of benzene rings is 2. The van der Waals surface area contributed by atoms with Crippen LogP contribution in [-0.4, -0.2) is 38.3 Å². The molecule has 0 aliphatic carbocycles. The van der Waals surface area contributed by atoms with Crippen molar-refractivity contribution < 1.29 is 27.5 Å². The summed E-state index contributed by atoms with van der Waals surface area (Å²) in [6, 6.07) is 9.21. The fourth-order valence-corrected chi connectivity index (χ4v) is 5.08. The van der Waals surface area contributed by atoms with Gasteiger partial charge in [0, 0.05) is 12.5 Å². The van der Waals surface area contributed by atoms with Gasteiger partial charge in [-0.3, -0.25) is 14.3 Å². The van der Waals surface area contributed by atoms with Crippen LogP contribution in [-0.2, 0) is 6.18 Å². The minimum Gasteiger partial charge on any atom is -0.502 e. The molecule has 2 aliphatic heterocycles. The third-order valence-electron chi connectivity index (χ3n) is 6.59. The van der Waals surface area contributed by atoms with Gasteiger partial charge in [-0.2, -0.15) is 18.3 Å². The SMILES string of the molecule is O=C1c2c(O)c(=O)cnn2[C@@H](C(c2ccc(F)cc2)c2ccc(C(F)(F)F)cc2)[C@H]2CCCN12. The van der Waals surface area contributed by atoms with E-state index in [0.29, 0.717) is 30.5 Å². The quantitative estimate of drug-likeness (QED) is 0.582. The highest BCUT2D eigenvalue weighted by molar-refractivity contribution is 5.96. The number of carbonyl (C=O) groups excluding carboxylic acids is 1. The zero-order chi connectivity index (χ0) is 24.2. The lowest BCUT2D eigenvalue weighted by Gasteiger charge is -2.42. The Labute approximate surface area is 191 Å². The molecule has 10 heteroatoms. The van der Waals surface area contributed by atoms with E-state index >= 15 is 0 Å². The van der Waals surface area contributed by atoms with Gasteiger partial charge < -0.3 is 10.0 Å². The molecule has 5 rings (SSSR count). The predicted octanol–water partition coefficient (Wildman–Crippen LogP) is 4.10. The molecule has 3 aromatic rings. The summed E-state index contributed by atoms with van der Waals surface area (Å²) in [6.45, 7) is 0.408. The zero-order valence-electron chi connectivity index (χ0n) is 17.7. The molecular weight excluding hydrogens is 454 g/mol.